The van der Waals surface area contributed by atoms with Gasteiger partial charge in [0.15, 0.2) is 0 Å². The first kappa shape index (κ1) is 12.3. The second kappa shape index (κ2) is 4.77. The second-order valence-electron chi connectivity index (χ2n) is 4.66. The SMILES string of the molecule is Cc1ccccc1-c1cc2nc(CC(=O)O)cn2cn1. The van der Waals surface area contributed by atoms with Gasteiger partial charge in [-0.05, 0) is 12.5 Å². The maximum atomic E-state index is 10.7. The monoisotopic (exact) mass is 267 g/mol. The predicted molar refractivity (Wildman–Crippen MR) is 74.5 cm³/mol. The van der Waals surface area contributed by atoms with Gasteiger partial charge < -0.3 is 5.11 Å². The fourth-order valence-electron chi connectivity index (χ4n) is 2.19. The van der Waals surface area contributed by atoms with E-state index in [-0.39, 0.29) is 6.42 Å². The van der Waals surface area contributed by atoms with E-state index in [4.69, 9.17) is 5.11 Å². The van der Waals surface area contributed by atoms with Gasteiger partial charge in [0.25, 0.3) is 0 Å². The summed E-state index contributed by atoms with van der Waals surface area (Å²) in [5.74, 6) is -0.888. The summed E-state index contributed by atoms with van der Waals surface area (Å²) in [6.45, 7) is 2.03. The van der Waals surface area contributed by atoms with Crippen molar-refractivity contribution in [2.24, 2.45) is 0 Å². The van der Waals surface area contributed by atoms with Crippen LogP contribution in [0.1, 0.15) is 11.3 Å². The molecule has 0 aliphatic carbocycles. The Kier molecular flexibility index (Phi) is 2.95. The number of imidazole rings is 1. The van der Waals surface area contributed by atoms with Crippen LogP contribution in [-0.2, 0) is 11.2 Å². The Morgan fingerprint density at radius 1 is 1.35 bits per heavy atom. The summed E-state index contributed by atoms with van der Waals surface area (Å²) in [4.78, 5) is 19.4. The third-order valence-electron chi connectivity index (χ3n) is 3.15. The molecular formula is C15H13N3O2. The maximum Gasteiger partial charge on any atom is 0.309 e. The predicted octanol–water partition coefficient (Wildman–Crippen LogP) is 2.33. The van der Waals surface area contributed by atoms with E-state index in [0.29, 0.717) is 11.3 Å². The Morgan fingerprint density at radius 3 is 2.90 bits per heavy atom. The summed E-state index contributed by atoms with van der Waals surface area (Å²) in [6, 6.07) is 9.86. The minimum Gasteiger partial charge on any atom is -0.481 e. The zero-order chi connectivity index (χ0) is 14.1. The lowest BCUT2D eigenvalue weighted by molar-refractivity contribution is -0.136. The molecule has 2 heterocycles. The van der Waals surface area contributed by atoms with E-state index in [1.165, 1.54) is 0 Å². The number of benzene rings is 1. The lowest BCUT2D eigenvalue weighted by atomic mass is 10.1. The van der Waals surface area contributed by atoms with E-state index in [1.807, 2.05) is 37.3 Å². The van der Waals surface area contributed by atoms with Crippen molar-refractivity contribution in [3.05, 3.63) is 54.1 Å². The molecule has 0 amide bonds. The number of aromatic nitrogens is 3. The van der Waals surface area contributed by atoms with Crippen LogP contribution in [0.2, 0.25) is 0 Å². The highest BCUT2D eigenvalue weighted by Gasteiger charge is 2.08. The largest absolute Gasteiger partial charge is 0.481 e. The number of nitrogens with zero attached hydrogens (tertiary/aromatic N) is 3. The first-order chi connectivity index (χ1) is 9.63. The van der Waals surface area contributed by atoms with Crippen LogP contribution in [0.15, 0.2) is 42.9 Å². The Morgan fingerprint density at radius 2 is 2.15 bits per heavy atom. The molecular weight excluding hydrogens is 254 g/mol. The highest BCUT2D eigenvalue weighted by Crippen LogP contribution is 2.21. The molecule has 5 nitrogen and oxygen atoms in total. The van der Waals surface area contributed by atoms with Crippen molar-refractivity contribution in [2.75, 3.05) is 0 Å². The lowest BCUT2D eigenvalue weighted by Gasteiger charge is -2.04. The average molecular weight is 267 g/mol. The van der Waals surface area contributed by atoms with Crippen molar-refractivity contribution in [3.63, 3.8) is 0 Å². The molecule has 20 heavy (non-hydrogen) atoms. The van der Waals surface area contributed by atoms with Crippen LogP contribution in [0.3, 0.4) is 0 Å². The Hall–Kier alpha value is -2.69. The van der Waals surface area contributed by atoms with Crippen molar-refractivity contribution in [1.82, 2.24) is 14.4 Å². The van der Waals surface area contributed by atoms with Crippen LogP contribution < -0.4 is 0 Å². The number of carboxylic acid groups (broad SMARTS) is 1. The number of hydrogen-bond donors (Lipinski definition) is 1. The number of rotatable bonds is 3. The summed E-state index contributed by atoms with van der Waals surface area (Å²) in [7, 11) is 0. The van der Waals surface area contributed by atoms with E-state index in [9.17, 15) is 4.79 Å². The van der Waals surface area contributed by atoms with Gasteiger partial charge in [0.2, 0.25) is 0 Å². The van der Waals surface area contributed by atoms with Crippen molar-refractivity contribution < 1.29 is 9.90 Å². The molecule has 0 aliphatic heterocycles. The Labute approximate surface area is 115 Å². The van der Waals surface area contributed by atoms with Gasteiger partial charge in [-0.3, -0.25) is 9.20 Å². The van der Waals surface area contributed by atoms with E-state index in [2.05, 4.69) is 9.97 Å². The minimum absolute atomic E-state index is 0.0820. The number of aryl methyl sites for hydroxylation is 1. The van der Waals surface area contributed by atoms with Gasteiger partial charge in [-0.1, -0.05) is 24.3 Å². The van der Waals surface area contributed by atoms with Crippen molar-refractivity contribution in [2.45, 2.75) is 13.3 Å². The molecule has 0 fully saturated rings. The molecule has 0 saturated carbocycles. The summed E-state index contributed by atoms with van der Waals surface area (Å²) >= 11 is 0. The first-order valence-corrected chi connectivity index (χ1v) is 6.25. The van der Waals surface area contributed by atoms with Gasteiger partial charge >= 0.3 is 5.97 Å². The fourth-order valence-corrected chi connectivity index (χ4v) is 2.19. The number of carboxylic acids is 1. The molecule has 2 aromatic heterocycles. The highest BCUT2D eigenvalue weighted by molar-refractivity contribution is 5.70. The summed E-state index contributed by atoms with van der Waals surface area (Å²) in [5.41, 5.74) is 4.26. The molecule has 0 saturated heterocycles. The molecule has 100 valence electrons. The molecule has 3 aromatic rings. The zero-order valence-electron chi connectivity index (χ0n) is 10.9. The van der Waals surface area contributed by atoms with Crippen molar-refractivity contribution >= 4 is 11.6 Å². The lowest BCUT2D eigenvalue weighted by Crippen LogP contribution is -1.99. The van der Waals surface area contributed by atoms with Gasteiger partial charge in [-0.25, -0.2) is 9.97 Å². The number of fused-ring (bicyclic) bond motifs is 1. The second-order valence-corrected chi connectivity index (χ2v) is 4.66. The highest BCUT2D eigenvalue weighted by atomic mass is 16.4. The molecule has 0 aliphatic rings. The third kappa shape index (κ3) is 2.25. The first-order valence-electron chi connectivity index (χ1n) is 6.25. The van der Waals surface area contributed by atoms with E-state index in [1.54, 1.807) is 16.9 Å². The standard InChI is InChI=1S/C15H13N3O2/c1-10-4-2-3-5-12(10)13-7-14-17-11(6-15(19)20)8-18(14)9-16-13/h2-5,7-9H,6H2,1H3,(H,19,20). The smallest absolute Gasteiger partial charge is 0.309 e. The normalized spacial score (nSPS) is 10.8. The molecule has 0 bridgehead atoms. The molecule has 0 radical (unpaired) electrons. The van der Waals surface area contributed by atoms with Gasteiger partial charge in [0.05, 0.1) is 17.8 Å². The summed E-state index contributed by atoms with van der Waals surface area (Å²) in [5, 5.41) is 8.80. The van der Waals surface area contributed by atoms with Crippen LogP contribution in [0.5, 0.6) is 0 Å². The van der Waals surface area contributed by atoms with Crippen LogP contribution >= 0.6 is 0 Å². The molecule has 0 spiro atoms. The molecule has 0 atom stereocenters. The maximum absolute atomic E-state index is 10.7. The molecule has 1 N–H and O–H groups in total. The number of hydrogen-bond acceptors (Lipinski definition) is 3. The van der Waals surface area contributed by atoms with Crippen LogP contribution in [-0.4, -0.2) is 25.4 Å². The summed E-state index contributed by atoms with van der Waals surface area (Å²) < 4.78 is 1.74. The number of carbonyl (C=O) groups is 1. The van der Waals surface area contributed by atoms with Gasteiger partial charge in [-0.15, -0.1) is 0 Å². The quantitative estimate of drug-likeness (QED) is 0.790. The average Bonchev–Trinajstić information content (AvgIpc) is 2.79. The zero-order valence-corrected chi connectivity index (χ0v) is 10.9. The van der Waals surface area contributed by atoms with Crippen LogP contribution in [0.4, 0.5) is 0 Å². The fraction of sp³-hybridized carbons (Fsp3) is 0.133. The van der Waals surface area contributed by atoms with Crippen molar-refractivity contribution in [3.8, 4) is 11.3 Å². The topological polar surface area (TPSA) is 67.5 Å². The van der Waals surface area contributed by atoms with Crippen LogP contribution in [0, 0.1) is 6.92 Å². The van der Waals surface area contributed by atoms with Crippen LogP contribution in [0.25, 0.3) is 16.9 Å². The molecule has 0 unspecified atom stereocenters. The third-order valence-corrected chi connectivity index (χ3v) is 3.15. The van der Waals surface area contributed by atoms with Crippen molar-refractivity contribution in [1.29, 1.82) is 0 Å². The van der Waals surface area contributed by atoms with E-state index in [0.717, 1.165) is 16.8 Å². The van der Waals surface area contributed by atoms with Gasteiger partial charge in [0.1, 0.15) is 12.0 Å². The number of aliphatic carboxylic acids is 1. The minimum atomic E-state index is -0.888. The Balaban J connectivity index is 2.07. The molecule has 3 rings (SSSR count). The van der Waals surface area contributed by atoms with E-state index >= 15 is 0 Å². The summed E-state index contributed by atoms with van der Waals surface area (Å²) in [6.07, 6.45) is 3.27. The van der Waals surface area contributed by atoms with E-state index < -0.39 is 5.97 Å². The molecule has 5 heteroatoms. The Bertz CT molecular complexity index is 793. The molecule has 1 aromatic carbocycles. The van der Waals surface area contributed by atoms with Gasteiger partial charge in [0, 0.05) is 17.8 Å². The van der Waals surface area contributed by atoms with Gasteiger partial charge in [-0.2, -0.15) is 0 Å².